The molecule has 0 aliphatic heterocycles. The molecule has 0 saturated carbocycles. The van der Waals surface area contributed by atoms with Crippen molar-refractivity contribution < 1.29 is 9.53 Å². The monoisotopic (exact) mass is 405 g/mol. The molecule has 5 heteroatoms. The van der Waals surface area contributed by atoms with Crippen LogP contribution in [-0.4, -0.2) is 32.5 Å². The molecule has 0 N–H and O–H groups in total. The number of carbonyl (C=O) groups excluding carboxylic acids is 1. The number of benzene rings is 2. The zero-order valence-electron chi connectivity index (χ0n) is 13.2. The van der Waals surface area contributed by atoms with E-state index in [4.69, 9.17) is 16.3 Å². The quantitative estimate of drug-likeness (QED) is 0.482. The van der Waals surface area contributed by atoms with E-state index in [9.17, 15) is 4.79 Å². The zero-order chi connectivity index (χ0) is 16.9. The molecule has 0 unspecified atom stereocenters. The van der Waals surface area contributed by atoms with Crippen molar-refractivity contribution in [2.75, 3.05) is 6.61 Å². The predicted molar refractivity (Wildman–Crippen MR) is 98.2 cm³/mol. The van der Waals surface area contributed by atoms with Crippen LogP contribution in [0.25, 0.3) is 10.9 Å². The molecule has 3 rings (SSSR count). The first-order valence-electron chi connectivity index (χ1n) is 7.61. The standard InChI is InChI=1S/C19H16ClNO2Se/c1-2-23-19(22)17-11-18(24-12-13-6-4-3-5-7-13)15-10-14(20)8-9-16(15)21-17/h3-11H,2,12H2,1H3. The molecular formula is C19H16ClNO2Se. The number of hydrogen-bond donors (Lipinski definition) is 0. The summed E-state index contributed by atoms with van der Waals surface area (Å²) in [6.45, 7) is 2.13. The molecule has 24 heavy (non-hydrogen) atoms. The average Bonchev–Trinajstić information content (AvgIpc) is 2.60. The molecule has 3 aromatic rings. The van der Waals surface area contributed by atoms with Crippen LogP contribution in [0.5, 0.6) is 0 Å². The van der Waals surface area contributed by atoms with Crippen molar-refractivity contribution in [1.82, 2.24) is 4.98 Å². The molecule has 0 saturated heterocycles. The van der Waals surface area contributed by atoms with Gasteiger partial charge in [0.1, 0.15) is 0 Å². The maximum absolute atomic E-state index is 12.1. The van der Waals surface area contributed by atoms with Crippen LogP contribution in [-0.2, 0) is 10.1 Å². The van der Waals surface area contributed by atoms with Gasteiger partial charge in [-0.25, -0.2) is 0 Å². The summed E-state index contributed by atoms with van der Waals surface area (Å²) < 4.78 is 6.21. The van der Waals surface area contributed by atoms with E-state index in [-0.39, 0.29) is 20.9 Å². The normalized spacial score (nSPS) is 10.8. The summed E-state index contributed by atoms with van der Waals surface area (Å²) in [5.41, 5.74) is 2.41. The molecule has 1 heterocycles. The first-order chi connectivity index (χ1) is 11.7. The van der Waals surface area contributed by atoms with Gasteiger partial charge < -0.3 is 0 Å². The fraction of sp³-hybridized carbons (Fsp3) is 0.158. The van der Waals surface area contributed by atoms with Gasteiger partial charge in [-0.2, -0.15) is 0 Å². The number of hydrogen-bond acceptors (Lipinski definition) is 3. The summed E-state index contributed by atoms with van der Waals surface area (Å²) in [6.07, 6.45) is 0. The van der Waals surface area contributed by atoms with E-state index < -0.39 is 0 Å². The van der Waals surface area contributed by atoms with Gasteiger partial charge in [0.05, 0.1) is 0 Å². The number of nitrogens with zero attached hydrogens (tertiary/aromatic N) is 1. The van der Waals surface area contributed by atoms with Gasteiger partial charge >= 0.3 is 152 Å². The van der Waals surface area contributed by atoms with Crippen molar-refractivity contribution in [2.45, 2.75) is 12.2 Å². The van der Waals surface area contributed by atoms with Crippen LogP contribution in [0.3, 0.4) is 0 Å². The van der Waals surface area contributed by atoms with Crippen molar-refractivity contribution >= 4 is 47.9 Å². The van der Waals surface area contributed by atoms with Gasteiger partial charge in [-0.15, -0.1) is 0 Å². The van der Waals surface area contributed by atoms with E-state index >= 15 is 0 Å². The minimum atomic E-state index is -0.383. The molecule has 0 bridgehead atoms. The van der Waals surface area contributed by atoms with Crippen LogP contribution < -0.4 is 4.46 Å². The Balaban J connectivity index is 1.99. The Morgan fingerprint density at radius 3 is 2.71 bits per heavy atom. The van der Waals surface area contributed by atoms with Crippen molar-refractivity contribution in [2.24, 2.45) is 0 Å². The SMILES string of the molecule is CCOC(=O)c1cc([Se]Cc2ccccc2)c2cc(Cl)ccc2n1. The molecule has 3 nitrogen and oxygen atoms in total. The van der Waals surface area contributed by atoms with Crippen molar-refractivity contribution in [3.05, 3.63) is 70.9 Å². The van der Waals surface area contributed by atoms with Gasteiger partial charge in [0, 0.05) is 0 Å². The molecule has 122 valence electrons. The molecule has 0 amide bonds. The van der Waals surface area contributed by atoms with Gasteiger partial charge in [-0.3, -0.25) is 0 Å². The molecular weight excluding hydrogens is 389 g/mol. The van der Waals surface area contributed by atoms with E-state index in [0.717, 1.165) is 20.7 Å². The van der Waals surface area contributed by atoms with E-state index in [2.05, 4.69) is 17.1 Å². The third-order valence-electron chi connectivity index (χ3n) is 3.45. The van der Waals surface area contributed by atoms with Gasteiger partial charge in [-0.05, 0) is 0 Å². The maximum atomic E-state index is 12.1. The third kappa shape index (κ3) is 3.96. The van der Waals surface area contributed by atoms with Gasteiger partial charge in [-0.1, -0.05) is 0 Å². The van der Waals surface area contributed by atoms with Crippen molar-refractivity contribution in [3.8, 4) is 0 Å². The van der Waals surface area contributed by atoms with Crippen LogP contribution in [0, 0.1) is 0 Å². The second kappa shape index (κ2) is 7.80. The number of ether oxygens (including phenoxy) is 1. The molecule has 0 aliphatic carbocycles. The number of carbonyl (C=O) groups is 1. The topological polar surface area (TPSA) is 39.2 Å². The number of fused-ring (bicyclic) bond motifs is 1. The molecule has 0 fully saturated rings. The number of halogens is 1. The van der Waals surface area contributed by atoms with Crippen LogP contribution in [0.4, 0.5) is 0 Å². The van der Waals surface area contributed by atoms with Gasteiger partial charge in [0.15, 0.2) is 0 Å². The minimum absolute atomic E-state index is 0.161. The summed E-state index contributed by atoms with van der Waals surface area (Å²) >= 11 is 6.31. The summed E-state index contributed by atoms with van der Waals surface area (Å²) in [5.74, 6) is -0.383. The summed E-state index contributed by atoms with van der Waals surface area (Å²) in [4.78, 5) is 16.5. The molecule has 0 atom stereocenters. The van der Waals surface area contributed by atoms with Gasteiger partial charge in [0.25, 0.3) is 0 Å². The Morgan fingerprint density at radius 2 is 1.96 bits per heavy atom. The van der Waals surface area contributed by atoms with Crippen LogP contribution in [0.1, 0.15) is 23.0 Å². The number of esters is 1. The predicted octanol–water partition coefficient (Wildman–Crippen LogP) is 3.59. The third-order valence-corrected chi connectivity index (χ3v) is 6.05. The van der Waals surface area contributed by atoms with E-state index in [1.54, 1.807) is 13.0 Å². The molecule has 0 aliphatic rings. The van der Waals surface area contributed by atoms with Crippen LogP contribution >= 0.6 is 11.6 Å². The molecule has 2 aromatic carbocycles. The van der Waals surface area contributed by atoms with Crippen molar-refractivity contribution in [1.29, 1.82) is 0 Å². The number of rotatable bonds is 5. The summed E-state index contributed by atoms with van der Waals surface area (Å²) in [5, 5.41) is 2.62. The second-order valence-electron chi connectivity index (χ2n) is 5.16. The Kier molecular flexibility index (Phi) is 5.52. The van der Waals surface area contributed by atoms with Crippen LogP contribution in [0.2, 0.25) is 5.02 Å². The number of aromatic nitrogens is 1. The van der Waals surface area contributed by atoms with E-state index in [1.807, 2.05) is 36.4 Å². The van der Waals surface area contributed by atoms with E-state index in [1.165, 1.54) is 5.56 Å². The molecule has 0 radical (unpaired) electrons. The van der Waals surface area contributed by atoms with Crippen LogP contribution in [0.15, 0.2) is 54.6 Å². The van der Waals surface area contributed by atoms with Crippen molar-refractivity contribution in [3.63, 3.8) is 0 Å². The van der Waals surface area contributed by atoms with Gasteiger partial charge in [0.2, 0.25) is 0 Å². The Bertz CT molecular complexity index is 868. The Labute approximate surface area is 152 Å². The fourth-order valence-corrected chi connectivity index (χ4v) is 4.66. The Morgan fingerprint density at radius 1 is 1.17 bits per heavy atom. The summed E-state index contributed by atoms with van der Waals surface area (Å²) in [7, 11) is 0. The summed E-state index contributed by atoms with van der Waals surface area (Å²) in [6, 6.07) is 17.7. The average molecular weight is 405 g/mol. The Hall–Kier alpha value is -1.87. The number of pyridine rings is 1. The fourth-order valence-electron chi connectivity index (χ4n) is 2.33. The van der Waals surface area contributed by atoms with E-state index in [0.29, 0.717) is 17.3 Å². The first-order valence-corrected chi connectivity index (χ1v) is 10.1. The second-order valence-corrected chi connectivity index (χ2v) is 7.73. The zero-order valence-corrected chi connectivity index (χ0v) is 15.6. The first kappa shape index (κ1) is 17.0. The molecule has 1 aromatic heterocycles. The molecule has 0 spiro atoms.